The zero-order valence-corrected chi connectivity index (χ0v) is 18.8. The topological polar surface area (TPSA) is 83.4 Å². The first-order valence-electron chi connectivity index (χ1n) is 11.5. The van der Waals surface area contributed by atoms with Gasteiger partial charge < -0.3 is 4.90 Å². The number of carbonyl (C=O) groups excluding carboxylic acids is 1. The van der Waals surface area contributed by atoms with Crippen molar-refractivity contribution in [2.45, 2.75) is 57.9 Å². The van der Waals surface area contributed by atoms with Gasteiger partial charge in [-0.05, 0) is 56.9 Å². The summed E-state index contributed by atoms with van der Waals surface area (Å²) in [5.74, 6) is 0. The number of fused-ring (bicyclic) bond motifs is 2. The van der Waals surface area contributed by atoms with Crippen LogP contribution in [0.1, 0.15) is 47.5 Å². The van der Waals surface area contributed by atoms with Gasteiger partial charge in [0, 0.05) is 43.7 Å². The van der Waals surface area contributed by atoms with E-state index < -0.39 is 0 Å². The third kappa shape index (κ3) is 4.67. The Bertz CT molecular complexity index is 984. The molecule has 3 heterocycles. The van der Waals surface area contributed by atoms with E-state index in [1.807, 2.05) is 4.90 Å². The van der Waals surface area contributed by atoms with Crippen molar-refractivity contribution < 1.29 is 4.79 Å². The number of nitrogens with zero attached hydrogens (tertiary/aromatic N) is 5. The van der Waals surface area contributed by atoms with E-state index in [0.29, 0.717) is 19.6 Å². The first-order valence-corrected chi connectivity index (χ1v) is 12.3. The average Bonchev–Trinajstić information content (AvgIpc) is 3.20. The lowest BCUT2D eigenvalue weighted by molar-refractivity contribution is 0.143. The minimum Gasteiger partial charge on any atom is -0.322 e. The second kappa shape index (κ2) is 9.08. The predicted octanol–water partition coefficient (Wildman–Crippen LogP) is 2.31. The molecule has 0 aromatic carbocycles. The summed E-state index contributed by atoms with van der Waals surface area (Å²) in [4.78, 5) is 35.1. The number of hydrogen-bond donors (Lipinski definition) is 1. The van der Waals surface area contributed by atoms with E-state index in [4.69, 9.17) is 0 Å². The van der Waals surface area contributed by atoms with Gasteiger partial charge in [0.1, 0.15) is 0 Å². The Morgan fingerprint density at radius 3 is 2.52 bits per heavy atom. The van der Waals surface area contributed by atoms with E-state index in [-0.39, 0.29) is 11.6 Å². The maximum atomic E-state index is 12.7. The van der Waals surface area contributed by atoms with Gasteiger partial charge in [-0.15, -0.1) is 11.3 Å². The SMILES string of the molecule is O=C(Nc1nc2c(s1)CCCC2)N1CCN(CCn2nc3c(cc2=O)CCCC3)CC1. The van der Waals surface area contributed by atoms with Crippen molar-refractivity contribution in [1.29, 1.82) is 0 Å². The number of aromatic nitrogens is 3. The molecule has 0 bridgehead atoms. The van der Waals surface area contributed by atoms with Crippen molar-refractivity contribution in [2.75, 3.05) is 38.0 Å². The molecular formula is C22H30N6O2S. The summed E-state index contributed by atoms with van der Waals surface area (Å²) < 4.78 is 1.62. The molecule has 2 aromatic rings. The van der Waals surface area contributed by atoms with E-state index in [9.17, 15) is 9.59 Å². The minimum atomic E-state index is -0.0571. The summed E-state index contributed by atoms with van der Waals surface area (Å²) in [6.45, 7) is 4.36. The largest absolute Gasteiger partial charge is 0.323 e. The summed E-state index contributed by atoms with van der Waals surface area (Å²) >= 11 is 1.63. The first kappa shape index (κ1) is 20.6. The van der Waals surface area contributed by atoms with E-state index in [0.717, 1.165) is 74.5 Å². The van der Waals surface area contributed by atoms with Crippen LogP contribution in [0.25, 0.3) is 0 Å². The van der Waals surface area contributed by atoms with Crippen molar-refractivity contribution in [3.05, 3.63) is 38.2 Å². The van der Waals surface area contributed by atoms with Gasteiger partial charge in [0.05, 0.1) is 17.9 Å². The highest BCUT2D eigenvalue weighted by Gasteiger charge is 2.23. The number of urea groups is 1. The molecule has 166 valence electrons. The van der Waals surface area contributed by atoms with Crippen molar-refractivity contribution in [2.24, 2.45) is 0 Å². The lowest BCUT2D eigenvalue weighted by Gasteiger charge is -2.34. The van der Waals surface area contributed by atoms with Crippen molar-refractivity contribution in [1.82, 2.24) is 24.6 Å². The third-order valence-corrected chi connectivity index (χ3v) is 7.69. The molecule has 5 rings (SSSR count). The Balaban J connectivity index is 1.11. The van der Waals surface area contributed by atoms with Crippen LogP contribution in [0.2, 0.25) is 0 Å². The van der Waals surface area contributed by atoms with Gasteiger partial charge in [0.15, 0.2) is 5.13 Å². The van der Waals surface area contributed by atoms with Gasteiger partial charge in [0.25, 0.3) is 5.56 Å². The molecule has 0 saturated carbocycles. The molecule has 0 atom stereocenters. The Hall–Kier alpha value is -2.26. The second-order valence-corrected chi connectivity index (χ2v) is 9.82. The minimum absolute atomic E-state index is 0.00445. The Morgan fingerprint density at radius 1 is 0.968 bits per heavy atom. The molecule has 3 aliphatic rings. The third-order valence-electron chi connectivity index (χ3n) is 6.62. The van der Waals surface area contributed by atoms with Crippen LogP contribution in [0.4, 0.5) is 9.93 Å². The van der Waals surface area contributed by atoms with Crippen LogP contribution in [-0.4, -0.2) is 63.3 Å². The number of aryl methyl sites for hydroxylation is 4. The van der Waals surface area contributed by atoms with Gasteiger partial charge in [-0.3, -0.25) is 15.0 Å². The average molecular weight is 443 g/mol. The van der Waals surface area contributed by atoms with Crippen LogP contribution in [0.3, 0.4) is 0 Å². The summed E-state index contributed by atoms with van der Waals surface area (Å²) in [5, 5.41) is 8.34. The quantitative estimate of drug-likeness (QED) is 0.786. The highest BCUT2D eigenvalue weighted by atomic mass is 32.1. The molecule has 2 aromatic heterocycles. The van der Waals surface area contributed by atoms with Crippen LogP contribution >= 0.6 is 11.3 Å². The highest BCUT2D eigenvalue weighted by Crippen LogP contribution is 2.29. The number of anilines is 1. The fraction of sp³-hybridized carbons (Fsp3) is 0.636. The van der Waals surface area contributed by atoms with Gasteiger partial charge in [0.2, 0.25) is 0 Å². The maximum Gasteiger partial charge on any atom is 0.323 e. The van der Waals surface area contributed by atoms with E-state index in [2.05, 4.69) is 20.3 Å². The molecule has 2 aliphatic carbocycles. The van der Waals surface area contributed by atoms with E-state index >= 15 is 0 Å². The molecule has 9 heteroatoms. The molecule has 1 aliphatic heterocycles. The van der Waals surface area contributed by atoms with Gasteiger partial charge >= 0.3 is 6.03 Å². The Morgan fingerprint density at radius 2 is 1.71 bits per heavy atom. The van der Waals surface area contributed by atoms with Crippen molar-refractivity contribution >= 4 is 22.5 Å². The lowest BCUT2D eigenvalue weighted by Crippen LogP contribution is -2.50. The summed E-state index contributed by atoms with van der Waals surface area (Å²) in [5.41, 5.74) is 3.40. The molecule has 1 fully saturated rings. The number of piperazine rings is 1. The zero-order valence-electron chi connectivity index (χ0n) is 17.9. The lowest BCUT2D eigenvalue weighted by atomic mass is 9.97. The predicted molar refractivity (Wildman–Crippen MR) is 121 cm³/mol. The first-order chi connectivity index (χ1) is 15.2. The summed E-state index contributed by atoms with van der Waals surface area (Å²) in [7, 11) is 0. The number of thiazole rings is 1. The highest BCUT2D eigenvalue weighted by molar-refractivity contribution is 7.15. The molecule has 31 heavy (non-hydrogen) atoms. The van der Waals surface area contributed by atoms with Crippen LogP contribution in [0.5, 0.6) is 0 Å². The van der Waals surface area contributed by atoms with Crippen LogP contribution in [0.15, 0.2) is 10.9 Å². The Labute approximate surface area is 186 Å². The number of rotatable bonds is 4. The Kier molecular flexibility index (Phi) is 6.04. The van der Waals surface area contributed by atoms with Gasteiger partial charge in [-0.1, -0.05) is 0 Å². The fourth-order valence-corrected chi connectivity index (χ4v) is 5.79. The van der Waals surface area contributed by atoms with Crippen LogP contribution in [-0.2, 0) is 32.2 Å². The molecule has 0 radical (unpaired) electrons. The summed E-state index contributed by atoms with van der Waals surface area (Å²) in [6, 6.07) is 1.72. The number of amides is 2. The van der Waals surface area contributed by atoms with Crippen molar-refractivity contribution in [3.8, 4) is 0 Å². The van der Waals surface area contributed by atoms with Crippen LogP contribution in [0, 0.1) is 0 Å². The number of carbonyl (C=O) groups is 1. The maximum absolute atomic E-state index is 12.7. The molecule has 1 N–H and O–H groups in total. The molecule has 1 saturated heterocycles. The monoisotopic (exact) mass is 442 g/mol. The second-order valence-electron chi connectivity index (χ2n) is 8.74. The molecular weight excluding hydrogens is 412 g/mol. The normalized spacial score (nSPS) is 19.0. The molecule has 0 spiro atoms. The van der Waals surface area contributed by atoms with Crippen LogP contribution < -0.4 is 10.9 Å². The number of hydrogen-bond acceptors (Lipinski definition) is 6. The number of nitrogens with one attached hydrogen (secondary N) is 1. The molecule has 8 nitrogen and oxygen atoms in total. The van der Waals surface area contributed by atoms with Crippen molar-refractivity contribution in [3.63, 3.8) is 0 Å². The summed E-state index contributed by atoms with van der Waals surface area (Å²) in [6.07, 6.45) is 8.80. The van der Waals surface area contributed by atoms with Gasteiger partial charge in [-0.25, -0.2) is 14.5 Å². The molecule has 2 amide bonds. The fourth-order valence-electron chi connectivity index (χ4n) is 4.75. The van der Waals surface area contributed by atoms with E-state index in [1.54, 1.807) is 22.1 Å². The molecule has 0 unspecified atom stereocenters. The zero-order chi connectivity index (χ0) is 21.2. The van der Waals surface area contributed by atoms with E-state index in [1.165, 1.54) is 23.4 Å². The van der Waals surface area contributed by atoms with Gasteiger partial charge in [-0.2, -0.15) is 5.10 Å². The smallest absolute Gasteiger partial charge is 0.322 e. The standard InChI is InChI=1S/C22H30N6O2S/c29-20-15-16-5-1-2-6-17(16)25-28(20)14-11-26-9-12-27(13-10-26)22(30)24-21-23-18-7-3-4-8-19(18)31-21/h15H,1-14H2,(H,23,24,30).